The Hall–Kier alpha value is -3.44. The molecule has 0 unspecified atom stereocenters. The number of rotatable bonds is 10. The predicted molar refractivity (Wildman–Crippen MR) is 128 cm³/mol. The zero-order chi connectivity index (χ0) is 22.8. The average Bonchev–Trinajstić information content (AvgIpc) is 2.80. The summed E-state index contributed by atoms with van der Waals surface area (Å²) in [5, 5.41) is 12.5. The van der Waals surface area contributed by atoms with E-state index in [1.165, 1.54) is 0 Å². The van der Waals surface area contributed by atoms with Crippen molar-refractivity contribution < 1.29 is 14.7 Å². The highest BCUT2D eigenvalue weighted by atomic mass is 35.5. The van der Waals surface area contributed by atoms with E-state index in [4.69, 9.17) is 16.7 Å². The van der Waals surface area contributed by atoms with Crippen molar-refractivity contribution >= 4 is 34.7 Å². The number of amides is 1. The minimum atomic E-state index is -0.794. The third-order valence-electron chi connectivity index (χ3n) is 4.95. The summed E-state index contributed by atoms with van der Waals surface area (Å²) in [6.45, 7) is 0. The van der Waals surface area contributed by atoms with Gasteiger partial charge in [0.1, 0.15) is 0 Å². The molecular formula is C26H25ClN2O3. The van der Waals surface area contributed by atoms with E-state index in [9.17, 15) is 9.59 Å². The van der Waals surface area contributed by atoms with Gasteiger partial charge in [-0.15, -0.1) is 0 Å². The fourth-order valence-corrected chi connectivity index (χ4v) is 3.42. The second kappa shape index (κ2) is 11.8. The van der Waals surface area contributed by atoms with E-state index < -0.39 is 5.97 Å². The second-order valence-corrected chi connectivity index (χ2v) is 7.83. The van der Waals surface area contributed by atoms with E-state index in [-0.39, 0.29) is 12.3 Å². The predicted octanol–water partition coefficient (Wildman–Crippen LogP) is 5.99. The number of benzene rings is 2. The Kier molecular flexibility index (Phi) is 8.58. The minimum absolute atomic E-state index is 0.0515. The molecule has 2 aromatic carbocycles. The number of carbonyl (C=O) groups excluding carboxylic acids is 1. The molecule has 0 radical (unpaired) electrons. The van der Waals surface area contributed by atoms with Gasteiger partial charge >= 0.3 is 5.97 Å². The van der Waals surface area contributed by atoms with Crippen LogP contribution >= 0.6 is 11.6 Å². The van der Waals surface area contributed by atoms with Gasteiger partial charge in [0.05, 0.1) is 0 Å². The van der Waals surface area contributed by atoms with Gasteiger partial charge in [0.2, 0.25) is 5.91 Å². The van der Waals surface area contributed by atoms with E-state index >= 15 is 0 Å². The molecule has 0 spiro atoms. The number of halogens is 1. The van der Waals surface area contributed by atoms with Crippen molar-refractivity contribution in [1.29, 1.82) is 0 Å². The van der Waals surface area contributed by atoms with Crippen molar-refractivity contribution in [2.75, 3.05) is 5.32 Å². The van der Waals surface area contributed by atoms with Crippen molar-refractivity contribution in [2.24, 2.45) is 0 Å². The molecule has 0 aliphatic heterocycles. The van der Waals surface area contributed by atoms with Gasteiger partial charge in [0.15, 0.2) is 0 Å². The lowest BCUT2D eigenvalue weighted by molar-refractivity contribution is -0.137. The van der Waals surface area contributed by atoms with E-state index in [0.717, 1.165) is 28.0 Å². The van der Waals surface area contributed by atoms with Crippen LogP contribution in [0, 0.1) is 0 Å². The number of aryl methyl sites for hydroxylation is 1. The number of carbonyl (C=O) groups is 2. The van der Waals surface area contributed by atoms with Crippen LogP contribution in [0.5, 0.6) is 0 Å². The molecule has 3 aromatic rings. The van der Waals surface area contributed by atoms with Gasteiger partial charge in [0.25, 0.3) is 0 Å². The van der Waals surface area contributed by atoms with Crippen LogP contribution in [0.3, 0.4) is 0 Å². The van der Waals surface area contributed by atoms with Crippen molar-refractivity contribution in [3.8, 4) is 0 Å². The number of hydrogen-bond acceptors (Lipinski definition) is 3. The van der Waals surface area contributed by atoms with Gasteiger partial charge in [-0.3, -0.25) is 14.6 Å². The molecule has 0 atom stereocenters. The normalized spacial score (nSPS) is 11.2. The molecule has 0 aliphatic rings. The maximum Gasteiger partial charge on any atom is 0.303 e. The highest BCUT2D eigenvalue weighted by molar-refractivity contribution is 6.30. The third kappa shape index (κ3) is 7.36. The molecule has 0 fully saturated rings. The van der Waals surface area contributed by atoms with Crippen LogP contribution in [0.1, 0.15) is 42.4 Å². The largest absolute Gasteiger partial charge is 0.481 e. The van der Waals surface area contributed by atoms with Crippen molar-refractivity contribution in [1.82, 2.24) is 4.98 Å². The van der Waals surface area contributed by atoms with Gasteiger partial charge in [-0.05, 0) is 66.3 Å². The summed E-state index contributed by atoms with van der Waals surface area (Å²) in [5.41, 5.74) is 4.72. The number of allylic oxidation sites excluding steroid dienone is 1. The zero-order valence-corrected chi connectivity index (χ0v) is 18.4. The molecular weight excluding hydrogens is 424 g/mol. The van der Waals surface area contributed by atoms with Crippen LogP contribution in [0.25, 0.3) is 5.57 Å². The fourth-order valence-electron chi connectivity index (χ4n) is 3.29. The SMILES string of the molecule is O=C(O)CCCC=C(c1ccc(NC(=O)CCc2ccc(Cl)cc2)cc1)c1cccnc1. The third-order valence-corrected chi connectivity index (χ3v) is 5.20. The van der Waals surface area contributed by atoms with E-state index in [1.54, 1.807) is 12.4 Å². The quantitative estimate of drug-likeness (QED) is 0.373. The molecule has 1 heterocycles. The van der Waals surface area contributed by atoms with Crippen molar-refractivity contribution in [3.63, 3.8) is 0 Å². The molecule has 6 heteroatoms. The topological polar surface area (TPSA) is 79.3 Å². The van der Waals surface area contributed by atoms with Crippen LogP contribution in [0.15, 0.2) is 79.1 Å². The smallest absolute Gasteiger partial charge is 0.303 e. The number of aliphatic carboxylic acids is 1. The first-order valence-electron chi connectivity index (χ1n) is 10.5. The Morgan fingerprint density at radius 2 is 1.72 bits per heavy atom. The standard InChI is InChI=1S/C26H25ClN2O3/c27-22-12-7-19(8-13-22)9-16-25(30)29-23-14-10-20(11-15-23)24(5-1-2-6-26(31)32)21-4-3-17-28-18-21/h3-5,7-8,10-15,17-18H,1-2,6,9,16H2,(H,29,30)(H,31,32). The summed E-state index contributed by atoms with van der Waals surface area (Å²) in [7, 11) is 0. The molecule has 5 nitrogen and oxygen atoms in total. The van der Waals surface area contributed by atoms with Gasteiger partial charge in [-0.1, -0.05) is 48.0 Å². The van der Waals surface area contributed by atoms with Crippen LogP contribution in [0.4, 0.5) is 5.69 Å². The number of aromatic nitrogens is 1. The van der Waals surface area contributed by atoms with E-state index in [1.807, 2.05) is 66.7 Å². The number of nitrogens with zero attached hydrogens (tertiary/aromatic N) is 1. The number of nitrogens with one attached hydrogen (secondary N) is 1. The zero-order valence-electron chi connectivity index (χ0n) is 17.6. The maximum atomic E-state index is 12.3. The summed E-state index contributed by atoms with van der Waals surface area (Å²) in [6.07, 6.45) is 7.93. The molecule has 0 aliphatic carbocycles. The van der Waals surface area contributed by atoms with Gasteiger partial charge in [-0.25, -0.2) is 0 Å². The number of carboxylic acids is 1. The number of anilines is 1. The molecule has 1 aromatic heterocycles. The number of hydrogen-bond donors (Lipinski definition) is 2. The number of carboxylic acid groups (broad SMARTS) is 1. The molecule has 0 saturated carbocycles. The first-order chi connectivity index (χ1) is 15.5. The summed E-state index contributed by atoms with van der Waals surface area (Å²) in [4.78, 5) is 27.3. The minimum Gasteiger partial charge on any atom is -0.481 e. The van der Waals surface area contributed by atoms with E-state index in [2.05, 4.69) is 10.3 Å². The molecule has 32 heavy (non-hydrogen) atoms. The Bertz CT molecular complexity index is 1060. The van der Waals surface area contributed by atoms with Crippen molar-refractivity contribution in [2.45, 2.75) is 32.1 Å². The first-order valence-corrected chi connectivity index (χ1v) is 10.9. The van der Waals surface area contributed by atoms with Crippen LogP contribution in [-0.4, -0.2) is 22.0 Å². The Morgan fingerprint density at radius 3 is 2.38 bits per heavy atom. The van der Waals surface area contributed by atoms with Gasteiger partial charge in [-0.2, -0.15) is 0 Å². The Labute approximate surface area is 192 Å². The summed E-state index contributed by atoms with van der Waals surface area (Å²) >= 11 is 5.89. The number of unbranched alkanes of at least 4 members (excludes halogenated alkanes) is 1. The second-order valence-electron chi connectivity index (χ2n) is 7.40. The molecule has 164 valence electrons. The summed E-state index contributed by atoms with van der Waals surface area (Å²) in [5.74, 6) is -0.845. The molecule has 0 bridgehead atoms. The summed E-state index contributed by atoms with van der Waals surface area (Å²) < 4.78 is 0. The van der Waals surface area contributed by atoms with E-state index in [0.29, 0.717) is 30.7 Å². The molecule has 2 N–H and O–H groups in total. The lowest BCUT2D eigenvalue weighted by atomic mass is 9.97. The van der Waals surface area contributed by atoms with Crippen molar-refractivity contribution in [3.05, 3.63) is 101 Å². The van der Waals surface area contributed by atoms with Crippen LogP contribution in [-0.2, 0) is 16.0 Å². The highest BCUT2D eigenvalue weighted by Gasteiger charge is 2.08. The molecule has 3 rings (SSSR count). The Balaban J connectivity index is 1.64. The lowest BCUT2D eigenvalue weighted by Crippen LogP contribution is -2.12. The average molecular weight is 449 g/mol. The molecule has 0 saturated heterocycles. The maximum absolute atomic E-state index is 12.3. The van der Waals surface area contributed by atoms with Gasteiger partial charge < -0.3 is 10.4 Å². The Morgan fingerprint density at radius 1 is 0.969 bits per heavy atom. The monoisotopic (exact) mass is 448 g/mol. The highest BCUT2D eigenvalue weighted by Crippen LogP contribution is 2.25. The van der Waals surface area contributed by atoms with Gasteiger partial charge in [0, 0.05) is 41.5 Å². The first kappa shape index (κ1) is 23.2. The fraction of sp³-hybridized carbons (Fsp3) is 0.192. The molecule has 1 amide bonds. The van der Waals surface area contributed by atoms with Crippen LogP contribution in [0.2, 0.25) is 5.02 Å². The summed E-state index contributed by atoms with van der Waals surface area (Å²) in [6, 6.07) is 19.0. The number of pyridine rings is 1. The lowest BCUT2D eigenvalue weighted by Gasteiger charge is -2.11. The van der Waals surface area contributed by atoms with Crippen LogP contribution < -0.4 is 5.32 Å².